The first-order valence-electron chi connectivity index (χ1n) is 13.7. The van der Waals surface area contributed by atoms with Crippen LogP contribution in [-0.4, -0.2) is 0 Å². The highest BCUT2D eigenvalue weighted by Crippen LogP contribution is 2.36. The van der Waals surface area contributed by atoms with E-state index in [0.717, 1.165) is 32.9 Å². The third-order valence-electron chi connectivity index (χ3n) is 7.85. The summed E-state index contributed by atoms with van der Waals surface area (Å²) in [4.78, 5) is 11.0. The van der Waals surface area contributed by atoms with Crippen LogP contribution in [0.5, 0.6) is 0 Å². The fraction of sp³-hybridized carbons (Fsp3) is 0.222. The molecule has 0 aromatic heterocycles. The predicted molar refractivity (Wildman–Crippen MR) is 162 cm³/mol. The molecule has 0 N–H and O–H groups in total. The molecule has 188 valence electrons. The molecule has 0 unspecified atom stereocenters. The first-order chi connectivity index (χ1) is 18.3. The van der Waals surface area contributed by atoms with E-state index in [0.29, 0.717) is 11.8 Å². The zero-order valence-corrected chi connectivity index (χ0v) is 23.1. The monoisotopic (exact) mass is 494 g/mol. The third kappa shape index (κ3) is 3.87. The van der Waals surface area contributed by atoms with Crippen LogP contribution < -0.4 is 10.7 Å². The lowest BCUT2D eigenvalue weighted by atomic mass is 9.92. The Hall–Kier alpha value is -4.04. The lowest BCUT2D eigenvalue weighted by Gasteiger charge is -2.17. The molecule has 0 heterocycles. The second-order valence-corrected chi connectivity index (χ2v) is 11.1. The van der Waals surface area contributed by atoms with Crippen molar-refractivity contribution in [2.45, 2.75) is 53.4 Å². The van der Waals surface area contributed by atoms with Crippen LogP contribution in [0, 0.1) is 13.8 Å². The van der Waals surface area contributed by atoms with Gasteiger partial charge in [-0.15, -0.1) is 0 Å². The standard InChI is InChI=1S/C36H34N2/c1-21(2)27-15-10-16-28(22(3)4)34(27)38-36-30-18-9-14-26-20-19-25-13-8-17-29(31(25)32(26)30)35(36)37-33-23(5)11-7-12-24(33)6/h7-22H,1-6H3. The molecule has 0 aliphatic carbocycles. The van der Waals surface area contributed by atoms with Crippen molar-refractivity contribution in [3.8, 4) is 0 Å². The third-order valence-corrected chi connectivity index (χ3v) is 7.85. The van der Waals surface area contributed by atoms with Crippen molar-refractivity contribution in [3.63, 3.8) is 0 Å². The van der Waals surface area contributed by atoms with Gasteiger partial charge >= 0.3 is 0 Å². The van der Waals surface area contributed by atoms with E-state index in [-0.39, 0.29) is 0 Å². The Labute approximate surface area is 224 Å². The van der Waals surface area contributed by atoms with Gasteiger partial charge in [0.25, 0.3) is 0 Å². The molecule has 0 radical (unpaired) electrons. The molecular weight excluding hydrogens is 460 g/mol. The zero-order chi connectivity index (χ0) is 26.6. The van der Waals surface area contributed by atoms with Crippen LogP contribution in [0.4, 0.5) is 11.4 Å². The minimum Gasteiger partial charge on any atom is -0.246 e. The Balaban J connectivity index is 1.92. The van der Waals surface area contributed by atoms with Crippen LogP contribution in [-0.2, 0) is 0 Å². The van der Waals surface area contributed by atoms with Crippen molar-refractivity contribution in [2.75, 3.05) is 0 Å². The molecule has 0 fully saturated rings. The van der Waals surface area contributed by atoms with Gasteiger partial charge in [-0.2, -0.15) is 0 Å². The van der Waals surface area contributed by atoms with Crippen molar-refractivity contribution >= 4 is 43.7 Å². The van der Waals surface area contributed by atoms with Gasteiger partial charge < -0.3 is 0 Å². The van der Waals surface area contributed by atoms with Crippen LogP contribution in [0.15, 0.2) is 94.9 Å². The van der Waals surface area contributed by atoms with Gasteiger partial charge in [0.2, 0.25) is 0 Å². The van der Waals surface area contributed by atoms with Gasteiger partial charge in [-0.3, -0.25) is 0 Å². The van der Waals surface area contributed by atoms with Crippen molar-refractivity contribution in [3.05, 3.63) is 118 Å². The number of aryl methyl sites for hydroxylation is 2. The van der Waals surface area contributed by atoms with E-state index in [4.69, 9.17) is 9.98 Å². The lowest BCUT2D eigenvalue weighted by molar-refractivity contribution is 0.832. The minimum absolute atomic E-state index is 0.363. The molecule has 0 spiro atoms. The number of hydrogen-bond acceptors (Lipinski definition) is 2. The summed E-state index contributed by atoms with van der Waals surface area (Å²) >= 11 is 0. The van der Waals surface area contributed by atoms with Gasteiger partial charge in [-0.25, -0.2) is 9.98 Å². The van der Waals surface area contributed by atoms with Gasteiger partial charge in [0, 0.05) is 10.8 Å². The molecule has 2 heteroatoms. The van der Waals surface area contributed by atoms with Crippen LogP contribution in [0.25, 0.3) is 32.3 Å². The van der Waals surface area contributed by atoms with Crippen LogP contribution in [0.2, 0.25) is 0 Å². The van der Waals surface area contributed by atoms with Gasteiger partial charge in [0.1, 0.15) is 0 Å². The molecule has 0 saturated heterocycles. The maximum absolute atomic E-state index is 5.59. The smallest absolute Gasteiger partial charge is 0.0979 e. The molecule has 6 aromatic carbocycles. The summed E-state index contributed by atoms with van der Waals surface area (Å²) in [5, 5.41) is 9.24. The summed E-state index contributed by atoms with van der Waals surface area (Å²) in [6, 6.07) is 30.7. The fourth-order valence-electron chi connectivity index (χ4n) is 5.88. The second-order valence-electron chi connectivity index (χ2n) is 11.1. The number of nitrogens with zero attached hydrogens (tertiary/aromatic N) is 2. The number of hydrogen-bond donors (Lipinski definition) is 0. The lowest BCUT2D eigenvalue weighted by Crippen LogP contribution is -2.27. The van der Waals surface area contributed by atoms with E-state index in [2.05, 4.69) is 126 Å². The summed E-state index contributed by atoms with van der Waals surface area (Å²) in [5.41, 5.74) is 7.02. The summed E-state index contributed by atoms with van der Waals surface area (Å²) < 4.78 is 0. The summed E-state index contributed by atoms with van der Waals surface area (Å²) in [5.74, 6) is 0.726. The first kappa shape index (κ1) is 24.3. The topological polar surface area (TPSA) is 24.7 Å². The molecule has 2 nitrogen and oxygen atoms in total. The van der Waals surface area contributed by atoms with Crippen molar-refractivity contribution in [2.24, 2.45) is 9.98 Å². The van der Waals surface area contributed by atoms with Crippen molar-refractivity contribution in [1.82, 2.24) is 0 Å². The van der Waals surface area contributed by atoms with Crippen LogP contribution >= 0.6 is 0 Å². The molecule has 6 aromatic rings. The van der Waals surface area contributed by atoms with E-state index in [1.807, 2.05) is 0 Å². The van der Waals surface area contributed by atoms with Crippen LogP contribution in [0.3, 0.4) is 0 Å². The zero-order valence-electron chi connectivity index (χ0n) is 23.1. The highest BCUT2D eigenvalue weighted by atomic mass is 14.8. The molecule has 0 aliphatic rings. The molecule has 38 heavy (non-hydrogen) atoms. The highest BCUT2D eigenvalue weighted by molar-refractivity contribution is 6.22. The van der Waals surface area contributed by atoms with Crippen LogP contribution in [0.1, 0.15) is 61.8 Å². The first-order valence-corrected chi connectivity index (χ1v) is 13.7. The molecule has 6 rings (SSSR count). The molecule has 0 aliphatic heterocycles. The van der Waals surface area contributed by atoms with Crippen molar-refractivity contribution < 1.29 is 0 Å². The maximum Gasteiger partial charge on any atom is 0.0979 e. The van der Waals surface area contributed by atoms with Gasteiger partial charge in [0.15, 0.2) is 0 Å². The number of rotatable bonds is 4. The maximum atomic E-state index is 5.59. The number of benzene rings is 6. The Morgan fingerprint density at radius 2 is 0.895 bits per heavy atom. The largest absolute Gasteiger partial charge is 0.246 e. The van der Waals surface area contributed by atoms with E-state index in [1.54, 1.807) is 0 Å². The molecule has 0 bridgehead atoms. The molecule has 0 saturated carbocycles. The van der Waals surface area contributed by atoms with Gasteiger partial charge in [0.05, 0.1) is 22.1 Å². The Kier molecular flexibility index (Phi) is 5.99. The van der Waals surface area contributed by atoms with Gasteiger partial charge in [-0.1, -0.05) is 113 Å². The predicted octanol–water partition coefficient (Wildman–Crippen LogP) is 9.35. The summed E-state index contributed by atoms with van der Waals surface area (Å²) in [6.07, 6.45) is 0. The Bertz CT molecular complexity index is 1900. The Morgan fingerprint density at radius 3 is 1.37 bits per heavy atom. The number of para-hydroxylation sites is 2. The second kappa shape index (κ2) is 9.36. The van der Waals surface area contributed by atoms with Crippen molar-refractivity contribution in [1.29, 1.82) is 0 Å². The Morgan fingerprint density at radius 1 is 0.474 bits per heavy atom. The van der Waals surface area contributed by atoms with E-state index in [9.17, 15) is 0 Å². The highest BCUT2D eigenvalue weighted by Gasteiger charge is 2.17. The quantitative estimate of drug-likeness (QED) is 0.218. The molecule has 0 atom stereocenters. The fourth-order valence-corrected chi connectivity index (χ4v) is 5.88. The van der Waals surface area contributed by atoms with E-state index in [1.165, 1.54) is 43.8 Å². The summed E-state index contributed by atoms with van der Waals surface area (Å²) in [7, 11) is 0. The van der Waals surface area contributed by atoms with Gasteiger partial charge in [-0.05, 0) is 69.5 Å². The average Bonchev–Trinajstić information content (AvgIpc) is 2.90. The van der Waals surface area contributed by atoms with E-state index >= 15 is 0 Å². The molecule has 0 amide bonds. The average molecular weight is 495 g/mol. The summed E-state index contributed by atoms with van der Waals surface area (Å²) in [6.45, 7) is 13.3. The van der Waals surface area contributed by atoms with E-state index < -0.39 is 0 Å². The minimum atomic E-state index is 0.363. The normalized spacial score (nSPS) is 13.3. The molecular formula is C36H34N2. The SMILES string of the molecule is Cc1cccc(C)c1N=c1c(=Nc2c(C(C)C)cccc2C(C)C)c2cccc3ccc4cccc1c4c32.